The van der Waals surface area contributed by atoms with E-state index in [1.165, 1.54) is 18.7 Å². The van der Waals surface area contributed by atoms with Crippen molar-refractivity contribution < 1.29 is 24.2 Å². The summed E-state index contributed by atoms with van der Waals surface area (Å²) in [6, 6.07) is 18.4. The molecule has 0 radical (unpaired) electrons. The van der Waals surface area contributed by atoms with Gasteiger partial charge in [-0.1, -0.05) is 30.3 Å². The predicted octanol–water partition coefficient (Wildman–Crippen LogP) is 6.44. The molecule has 0 spiro atoms. The number of hydrogen-bond donors (Lipinski definition) is 1. The predicted molar refractivity (Wildman–Crippen MR) is 183 cm³/mol. The minimum atomic E-state index is -1.07. The lowest BCUT2D eigenvalue weighted by atomic mass is 9.91. The number of fused-ring (bicyclic) bond motifs is 3. The number of aryl methyl sites for hydroxylation is 1. The zero-order chi connectivity index (χ0) is 33.2. The fourth-order valence-electron chi connectivity index (χ4n) is 7.85. The van der Waals surface area contributed by atoms with Crippen molar-refractivity contribution in [1.82, 2.24) is 19.7 Å². The van der Waals surface area contributed by atoms with E-state index >= 15 is 0 Å². The summed E-state index contributed by atoms with van der Waals surface area (Å²) in [5, 5.41) is 17.1. The standard InChI is InChI=1S/C37H44N6O5/c1-24-11-12-29-31(42(24)37(46)47-2)14-15-32-35(29)38-34(21-25-7-4-3-5-8-25)43(32)27-9-6-10-28(22-27)48-23-26-17-19-41(20-18-26)33-16-13-30(36(44)45)39-40-33/h3-5,7-8,13-16,24,26-28H,6,9-12,17-23H2,1-2H3,(H,44,45)/t24-,27?,28?/m0/s1. The quantitative estimate of drug-likeness (QED) is 0.229. The van der Waals surface area contributed by atoms with Gasteiger partial charge < -0.3 is 24.0 Å². The molecule has 4 heterocycles. The Balaban J connectivity index is 1.07. The van der Waals surface area contributed by atoms with Crippen LogP contribution in [0.15, 0.2) is 54.6 Å². The van der Waals surface area contributed by atoms with E-state index in [-0.39, 0.29) is 30.0 Å². The number of methoxy groups -OCH3 is 1. The van der Waals surface area contributed by atoms with Crippen molar-refractivity contribution in [2.75, 3.05) is 36.6 Å². The molecular formula is C37H44N6O5. The van der Waals surface area contributed by atoms with E-state index in [2.05, 4.69) is 63.0 Å². The first-order valence-electron chi connectivity index (χ1n) is 17.3. The highest BCUT2D eigenvalue weighted by molar-refractivity contribution is 5.95. The van der Waals surface area contributed by atoms with Crippen molar-refractivity contribution in [3.05, 3.63) is 77.2 Å². The van der Waals surface area contributed by atoms with Crippen LogP contribution in [0, 0.1) is 5.92 Å². The Morgan fingerprint density at radius 2 is 1.77 bits per heavy atom. The average molecular weight is 653 g/mol. The molecule has 7 rings (SSSR count). The van der Waals surface area contributed by atoms with E-state index in [4.69, 9.17) is 19.6 Å². The van der Waals surface area contributed by atoms with E-state index in [9.17, 15) is 9.59 Å². The van der Waals surface area contributed by atoms with Crippen LogP contribution < -0.4 is 9.80 Å². The minimum absolute atomic E-state index is 0.0390. The van der Waals surface area contributed by atoms with Crippen molar-refractivity contribution in [3.63, 3.8) is 0 Å². The zero-order valence-corrected chi connectivity index (χ0v) is 27.8. The number of hydrogen-bond acceptors (Lipinski definition) is 8. The van der Waals surface area contributed by atoms with Crippen LogP contribution in [0.3, 0.4) is 0 Å². The van der Waals surface area contributed by atoms with Crippen molar-refractivity contribution in [3.8, 4) is 0 Å². The number of amides is 1. The molecule has 1 aliphatic carbocycles. The molecule has 1 saturated heterocycles. The van der Waals surface area contributed by atoms with Crippen LogP contribution in [0.1, 0.15) is 85.4 Å². The number of carboxylic acid groups (broad SMARTS) is 1. The maximum Gasteiger partial charge on any atom is 0.414 e. The summed E-state index contributed by atoms with van der Waals surface area (Å²) in [6.45, 7) is 4.52. The average Bonchev–Trinajstić information content (AvgIpc) is 3.49. The van der Waals surface area contributed by atoms with Gasteiger partial charge in [-0.25, -0.2) is 14.6 Å². The van der Waals surface area contributed by atoms with Gasteiger partial charge in [0.25, 0.3) is 0 Å². The second-order valence-corrected chi connectivity index (χ2v) is 13.5. The molecule has 1 N–H and O–H groups in total. The van der Waals surface area contributed by atoms with Gasteiger partial charge in [-0.15, -0.1) is 10.2 Å². The van der Waals surface area contributed by atoms with Crippen LogP contribution in [0.25, 0.3) is 11.0 Å². The number of anilines is 2. The lowest BCUT2D eigenvalue weighted by Gasteiger charge is -2.35. The van der Waals surface area contributed by atoms with E-state index < -0.39 is 5.97 Å². The molecule has 1 saturated carbocycles. The third kappa shape index (κ3) is 6.48. The number of piperidine rings is 1. The first-order chi connectivity index (χ1) is 23.4. The SMILES string of the molecule is COC(=O)N1c2ccc3c(nc(Cc4ccccc4)n3C3CCCC(OCC4CCN(c5ccc(C(=O)O)nn5)CC4)C3)c2CC[C@@H]1C. The molecule has 2 unspecified atom stereocenters. The molecule has 11 heteroatoms. The minimum Gasteiger partial charge on any atom is -0.476 e. The van der Waals surface area contributed by atoms with E-state index in [0.29, 0.717) is 5.92 Å². The largest absolute Gasteiger partial charge is 0.476 e. The van der Waals surface area contributed by atoms with E-state index in [1.54, 1.807) is 11.0 Å². The molecule has 3 atom stereocenters. The van der Waals surface area contributed by atoms with Crippen LogP contribution in [0.4, 0.5) is 16.3 Å². The molecule has 2 aromatic carbocycles. The summed E-state index contributed by atoms with van der Waals surface area (Å²) in [6.07, 6.45) is 8.52. The van der Waals surface area contributed by atoms with Crippen molar-refractivity contribution in [2.45, 2.75) is 82.9 Å². The molecule has 11 nitrogen and oxygen atoms in total. The van der Waals surface area contributed by atoms with Crippen LogP contribution in [-0.2, 0) is 22.3 Å². The van der Waals surface area contributed by atoms with Crippen molar-refractivity contribution in [1.29, 1.82) is 0 Å². The lowest BCUT2D eigenvalue weighted by molar-refractivity contribution is -0.00707. The highest BCUT2D eigenvalue weighted by atomic mass is 16.5. The molecule has 4 aromatic rings. The van der Waals surface area contributed by atoms with Gasteiger partial charge in [-0.05, 0) is 94.0 Å². The highest BCUT2D eigenvalue weighted by Gasteiger charge is 2.33. The Hall–Kier alpha value is -4.51. The second kappa shape index (κ2) is 13.9. The Bertz CT molecular complexity index is 1750. The lowest BCUT2D eigenvalue weighted by Crippen LogP contribution is -2.42. The summed E-state index contributed by atoms with van der Waals surface area (Å²) >= 11 is 0. The monoisotopic (exact) mass is 652 g/mol. The number of rotatable bonds is 8. The fourth-order valence-corrected chi connectivity index (χ4v) is 7.85. The normalized spacial score (nSPS) is 21.7. The first-order valence-corrected chi connectivity index (χ1v) is 17.3. The molecule has 2 fully saturated rings. The Kier molecular flexibility index (Phi) is 9.30. The summed E-state index contributed by atoms with van der Waals surface area (Å²) in [4.78, 5) is 33.2. The molecule has 2 aliphatic heterocycles. The van der Waals surface area contributed by atoms with E-state index in [0.717, 1.165) is 111 Å². The topological polar surface area (TPSA) is 123 Å². The maximum atomic E-state index is 12.8. The third-order valence-corrected chi connectivity index (χ3v) is 10.4. The Labute approximate surface area is 280 Å². The van der Waals surface area contributed by atoms with Gasteiger partial charge in [0.05, 0.1) is 29.9 Å². The molecule has 252 valence electrons. The van der Waals surface area contributed by atoms with Crippen LogP contribution in [-0.4, -0.2) is 75.9 Å². The van der Waals surface area contributed by atoms with Gasteiger partial charge in [0.15, 0.2) is 11.5 Å². The number of imidazole rings is 1. The number of nitrogens with zero attached hydrogens (tertiary/aromatic N) is 6. The van der Waals surface area contributed by atoms with Gasteiger partial charge in [0.2, 0.25) is 0 Å². The molecule has 3 aliphatic rings. The first kappa shape index (κ1) is 32.1. The number of ether oxygens (including phenoxy) is 2. The molecule has 0 bridgehead atoms. The van der Waals surface area contributed by atoms with Crippen molar-refractivity contribution in [2.24, 2.45) is 5.92 Å². The van der Waals surface area contributed by atoms with Gasteiger partial charge in [0, 0.05) is 43.8 Å². The van der Waals surface area contributed by atoms with Gasteiger partial charge >= 0.3 is 12.1 Å². The summed E-state index contributed by atoms with van der Waals surface area (Å²) in [5.74, 6) is 1.19. The van der Waals surface area contributed by atoms with Crippen LogP contribution in [0.5, 0.6) is 0 Å². The van der Waals surface area contributed by atoms with Crippen molar-refractivity contribution >= 4 is 34.6 Å². The fraction of sp³-hybridized carbons (Fsp3) is 0.486. The third-order valence-electron chi connectivity index (χ3n) is 10.4. The van der Waals surface area contributed by atoms with Crippen LogP contribution >= 0.6 is 0 Å². The number of carbonyl (C=O) groups excluding carboxylic acids is 1. The summed E-state index contributed by atoms with van der Waals surface area (Å²) < 4.78 is 14.3. The molecule has 1 amide bonds. The summed E-state index contributed by atoms with van der Waals surface area (Å²) in [7, 11) is 1.44. The Morgan fingerprint density at radius 1 is 0.958 bits per heavy atom. The van der Waals surface area contributed by atoms with E-state index in [1.807, 2.05) is 6.07 Å². The molecule has 2 aromatic heterocycles. The number of carbonyl (C=O) groups is 2. The van der Waals surface area contributed by atoms with Gasteiger partial charge in [0.1, 0.15) is 5.82 Å². The molecular weight excluding hydrogens is 608 g/mol. The summed E-state index contributed by atoms with van der Waals surface area (Å²) in [5.41, 5.74) is 5.36. The zero-order valence-electron chi connectivity index (χ0n) is 27.8. The van der Waals surface area contributed by atoms with Gasteiger partial charge in [-0.3, -0.25) is 4.90 Å². The highest BCUT2D eigenvalue weighted by Crippen LogP contribution is 2.40. The smallest absolute Gasteiger partial charge is 0.414 e. The number of benzene rings is 2. The molecule has 48 heavy (non-hydrogen) atoms. The number of aromatic carboxylic acids is 1. The second-order valence-electron chi connectivity index (χ2n) is 13.5. The van der Waals surface area contributed by atoms with Crippen LogP contribution in [0.2, 0.25) is 0 Å². The van der Waals surface area contributed by atoms with Gasteiger partial charge in [-0.2, -0.15) is 0 Å². The number of aromatic nitrogens is 4. The maximum absolute atomic E-state index is 12.8. The Morgan fingerprint density at radius 3 is 2.50 bits per heavy atom. The number of carboxylic acids is 1.